The number of hydrogen-bond donors (Lipinski definition) is 2. The lowest BCUT2D eigenvalue weighted by Gasteiger charge is -2.55. The van der Waals surface area contributed by atoms with Crippen molar-refractivity contribution in [2.45, 2.75) is 96.9 Å². The largest absolute Gasteiger partial charge is 0.444 e. The number of carbonyl (C=O) groups excluding carboxylic acids is 1. The number of hydrogen-bond acceptors (Lipinski definition) is 4. The monoisotopic (exact) mass is 340 g/mol. The van der Waals surface area contributed by atoms with E-state index in [1.165, 1.54) is 25.7 Å². The van der Waals surface area contributed by atoms with Crippen molar-refractivity contribution in [2.24, 2.45) is 5.41 Å². The Morgan fingerprint density at radius 1 is 1.25 bits per heavy atom. The highest BCUT2D eigenvalue weighted by atomic mass is 16.6. The minimum absolute atomic E-state index is 0.280. The quantitative estimate of drug-likeness (QED) is 0.743. The van der Waals surface area contributed by atoms with Crippen molar-refractivity contribution in [3.63, 3.8) is 0 Å². The van der Waals surface area contributed by atoms with Gasteiger partial charge in [0.1, 0.15) is 5.60 Å². The lowest BCUT2D eigenvalue weighted by atomic mass is 9.60. The highest BCUT2D eigenvalue weighted by Gasteiger charge is 2.56. The lowest BCUT2D eigenvalue weighted by Crippen LogP contribution is -2.65. The molecule has 24 heavy (non-hydrogen) atoms. The molecule has 3 atom stereocenters. The van der Waals surface area contributed by atoms with Crippen LogP contribution in [0, 0.1) is 5.41 Å². The number of ether oxygens (including phenoxy) is 2. The summed E-state index contributed by atoms with van der Waals surface area (Å²) in [4.78, 5) is 11.9. The second kappa shape index (κ2) is 8.05. The number of amides is 1. The Labute approximate surface area is 147 Å². The summed E-state index contributed by atoms with van der Waals surface area (Å²) in [6.45, 7) is 11.3. The van der Waals surface area contributed by atoms with Gasteiger partial charge in [-0.3, -0.25) is 0 Å². The van der Waals surface area contributed by atoms with Crippen molar-refractivity contribution in [3.05, 3.63) is 0 Å². The van der Waals surface area contributed by atoms with Crippen LogP contribution in [0.25, 0.3) is 0 Å². The third-order valence-corrected chi connectivity index (χ3v) is 5.51. The van der Waals surface area contributed by atoms with Crippen molar-refractivity contribution in [3.8, 4) is 0 Å². The summed E-state index contributed by atoms with van der Waals surface area (Å²) in [6, 6.07) is 0.796. The average molecular weight is 341 g/mol. The van der Waals surface area contributed by atoms with Gasteiger partial charge in [-0.25, -0.2) is 4.79 Å². The molecular weight excluding hydrogens is 304 g/mol. The second-order valence-electron chi connectivity index (χ2n) is 8.33. The van der Waals surface area contributed by atoms with Crippen LogP contribution >= 0.6 is 0 Å². The maximum absolute atomic E-state index is 11.9. The molecule has 0 radical (unpaired) electrons. The van der Waals surface area contributed by atoms with Crippen molar-refractivity contribution in [1.29, 1.82) is 0 Å². The van der Waals surface area contributed by atoms with E-state index in [1.807, 2.05) is 20.8 Å². The molecule has 0 aromatic rings. The maximum Gasteiger partial charge on any atom is 0.407 e. The smallest absolute Gasteiger partial charge is 0.407 e. The van der Waals surface area contributed by atoms with Gasteiger partial charge in [0.15, 0.2) is 0 Å². The topological polar surface area (TPSA) is 59.6 Å². The van der Waals surface area contributed by atoms with Crippen LogP contribution in [-0.4, -0.2) is 43.0 Å². The summed E-state index contributed by atoms with van der Waals surface area (Å²) in [5.74, 6) is 0. The third kappa shape index (κ3) is 4.63. The predicted octanol–water partition coefficient (Wildman–Crippen LogP) is 3.62. The maximum atomic E-state index is 11.9. The van der Waals surface area contributed by atoms with E-state index >= 15 is 0 Å². The Morgan fingerprint density at radius 2 is 1.92 bits per heavy atom. The summed E-state index contributed by atoms with van der Waals surface area (Å²) in [5, 5.41) is 6.70. The zero-order chi connectivity index (χ0) is 17.8. The van der Waals surface area contributed by atoms with Gasteiger partial charge in [-0.15, -0.1) is 0 Å². The highest BCUT2D eigenvalue weighted by molar-refractivity contribution is 5.67. The molecule has 5 nitrogen and oxygen atoms in total. The molecule has 2 aliphatic rings. The Morgan fingerprint density at radius 3 is 2.46 bits per heavy atom. The first-order chi connectivity index (χ1) is 11.3. The molecule has 0 heterocycles. The molecule has 1 amide bonds. The Bertz CT molecular complexity index is 413. The molecule has 3 unspecified atom stereocenters. The summed E-state index contributed by atoms with van der Waals surface area (Å²) in [6.07, 6.45) is 7.33. The Hall–Kier alpha value is -0.810. The second-order valence-corrected chi connectivity index (χ2v) is 8.33. The van der Waals surface area contributed by atoms with Crippen LogP contribution in [0.5, 0.6) is 0 Å². The van der Waals surface area contributed by atoms with Gasteiger partial charge in [0, 0.05) is 30.7 Å². The van der Waals surface area contributed by atoms with Crippen LogP contribution in [-0.2, 0) is 9.47 Å². The summed E-state index contributed by atoms with van der Waals surface area (Å²) >= 11 is 0. The summed E-state index contributed by atoms with van der Waals surface area (Å²) in [7, 11) is 0. The van der Waals surface area contributed by atoms with Gasteiger partial charge in [0.25, 0.3) is 0 Å². The van der Waals surface area contributed by atoms with Gasteiger partial charge < -0.3 is 20.1 Å². The first kappa shape index (κ1) is 19.5. The summed E-state index contributed by atoms with van der Waals surface area (Å²) < 4.78 is 11.3. The lowest BCUT2D eigenvalue weighted by molar-refractivity contribution is -0.132. The van der Waals surface area contributed by atoms with Crippen LogP contribution in [0.15, 0.2) is 0 Å². The highest BCUT2D eigenvalue weighted by Crippen LogP contribution is 2.54. The van der Waals surface area contributed by atoms with E-state index in [1.54, 1.807) is 0 Å². The number of rotatable bonds is 7. The van der Waals surface area contributed by atoms with E-state index in [4.69, 9.17) is 9.47 Å². The predicted molar refractivity (Wildman–Crippen MR) is 96.2 cm³/mol. The first-order valence-corrected chi connectivity index (χ1v) is 9.65. The van der Waals surface area contributed by atoms with Crippen LogP contribution in [0.3, 0.4) is 0 Å². The fourth-order valence-electron chi connectivity index (χ4n) is 4.25. The van der Waals surface area contributed by atoms with Gasteiger partial charge >= 0.3 is 6.09 Å². The van der Waals surface area contributed by atoms with Crippen molar-refractivity contribution >= 4 is 6.09 Å². The fourth-order valence-corrected chi connectivity index (χ4v) is 4.25. The van der Waals surface area contributed by atoms with Crippen LogP contribution in [0.1, 0.15) is 73.1 Å². The molecule has 2 N–H and O–H groups in total. The normalized spacial score (nSPS) is 26.9. The standard InChI is InChI=1S/C19H36N2O3/c1-6-14(13-20-17(22)24-18(3,4)5)21-15-12-16(23-7-2)19(15)10-8-9-11-19/h14-16,21H,6-13H2,1-5H3,(H,20,22). The Balaban J connectivity index is 1.83. The van der Waals surface area contributed by atoms with E-state index < -0.39 is 5.60 Å². The molecule has 0 aliphatic heterocycles. The molecule has 0 saturated heterocycles. The number of nitrogens with one attached hydrogen (secondary N) is 2. The Kier molecular flexibility index (Phi) is 6.54. The zero-order valence-corrected chi connectivity index (χ0v) is 16.1. The molecule has 0 bridgehead atoms. The number of carbonyl (C=O) groups is 1. The van der Waals surface area contributed by atoms with E-state index in [0.29, 0.717) is 24.1 Å². The first-order valence-electron chi connectivity index (χ1n) is 9.65. The average Bonchev–Trinajstić information content (AvgIpc) is 3.00. The van der Waals surface area contributed by atoms with Crippen LogP contribution in [0.2, 0.25) is 0 Å². The molecular formula is C19H36N2O3. The minimum Gasteiger partial charge on any atom is -0.444 e. The summed E-state index contributed by atoms with van der Waals surface area (Å²) in [5.41, 5.74) is -0.124. The fraction of sp³-hybridized carbons (Fsp3) is 0.947. The zero-order valence-electron chi connectivity index (χ0n) is 16.1. The van der Waals surface area contributed by atoms with E-state index in [2.05, 4.69) is 24.5 Å². The molecule has 2 fully saturated rings. The molecule has 1 spiro atoms. The molecule has 2 rings (SSSR count). The van der Waals surface area contributed by atoms with Gasteiger partial charge in [-0.2, -0.15) is 0 Å². The van der Waals surface area contributed by atoms with Crippen molar-refractivity contribution in [1.82, 2.24) is 10.6 Å². The van der Waals surface area contributed by atoms with Gasteiger partial charge in [0.05, 0.1) is 6.10 Å². The molecule has 0 aromatic heterocycles. The molecule has 2 saturated carbocycles. The van der Waals surface area contributed by atoms with Crippen molar-refractivity contribution < 1.29 is 14.3 Å². The third-order valence-electron chi connectivity index (χ3n) is 5.51. The van der Waals surface area contributed by atoms with Crippen LogP contribution in [0.4, 0.5) is 4.79 Å². The van der Waals surface area contributed by atoms with Gasteiger partial charge in [-0.05, 0) is 53.4 Å². The van der Waals surface area contributed by atoms with Crippen molar-refractivity contribution in [2.75, 3.05) is 13.2 Å². The minimum atomic E-state index is -0.453. The van der Waals surface area contributed by atoms with E-state index in [0.717, 1.165) is 19.4 Å². The van der Waals surface area contributed by atoms with Gasteiger partial charge in [0.2, 0.25) is 0 Å². The van der Waals surface area contributed by atoms with E-state index in [-0.39, 0.29) is 12.1 Å². The molecule has 0 aromatic carbocycles. The van der Waals surface area contributed by atoms with Gasteiger partial charge in [-0.1, -0.05) is 19.8 Å². The van der Waals surface area contributed by atoms with E-state index in [9.17, 15) is 4.79 Å². The SMILES string of the molecule is CCOC1CC(NC(CC)CNC(=O)OC(C)(C)C)C12CCCC2. The molecule has 5 heteroatoms. The molecule has 2 aliphatic carbocycles. The number of alkyl carbamates (subject to hydrolysis) is 1. The molecule has 140 valence electrons. The van der Waals surface area contributed by atoms with Crippen LogP contribution < -0.4 is 10.6 Å².